The molecule has 0 radical (unpaired) electrons. The normalized spacial score (nSPS) is 13.8. The molecule has 3 heterocycles. The maximum atomic E-state index is 12.9. The summed E-state index contributed by atoms with van der Waals surface area (Å²) in [5.74, 6) is 1.47. The summed E-state index contributed by atoms with van der Waals surface area (Å²) in [6.45, 7) is 2.35. The van der Waals surface area contributed by atoms with Crippen molar-refractivity contribution < 1.29 is 9.53 Å². The molecule has 5 rings (SSSR count). The van der Waals surface area contributed by atoms with Crippen molar-refractivity contribution in [2.45, 2.75) is 6.54 Å². The molecular formula is C24H25N7O3. The van der Waals surface area contributed by atoms with Crippen molar-refractivity contribution in [1.29, 1.82) is 0 Å². The molecule has 1 fully saturated rings. The standard InChI is InChI=1S/C24H25N7O3/c1-34-20-10-6-5-9-19(20)28-13-15-29(16-14-28)22(32)17-31-24(33)30-12-11-21(26-23(30)27-31)25-18-7-3-2-4-8-18/h2-12H,13-17H2,1H3,(H,25,26,27). The van der Waals surface area contributed by atoms with Gasteiger partial charge >= 0.3 is 5.69 Å². The Morgan fingerprint density at radius 2 is 1.74 bits per heavy atom. The van der Waals surface area contributed by atoms with Crippen LogP contribution < -0.4 is 20.6 Å². The number of nitrogens with zero attached hydrogens (tertiary/aromatic N) is 6. The van der Waals surface area contributed by atoms with Crippen LogP contribution in [0.5, 0.6) is 5.75 Å². The lowest BCUT2D eigenvalue weighted by atomic mass is 10.2. The van der Waals surface area contributed by atoms with Gasteiger partial charge in [0.2, 0.25) is 5.91 Å². The number of aromatic nitrogens is 4. The van der Waals surface area contributed by atoms with Gasteiger partial charge in [0.15, 0.2) is 0 Å². The summed E-state index contributed by atoms with van der Waals surface area (Å²) in [4.78, 5) is 34.0. The molecule has 0 saturated carbocycles. The van der Waals surface area contributed by atoms with Crippen molar-refractivity contribution in [3.05, 3.63) is 77.3 Å². The monoisotopic (exact) mass is 459 g/mol. The first-order valence-electron chi connectivity index (χ1n) is 11.1. The third-order valence-electron chi connectivity index (χ3n) is 5.84. The SMILES string of the molecule is COc1ccccc1N1CCN(C(=O)Cn2nc3nc(Nc4ccccc4)ccn3c2=O)CC1. The molecule has 1 aliphatic rings. The minimum absolute atomic E-state index is 0.127. The van der Waals surface area contributed by atoms with Gasteiger partial charge in [-0.15, -0.1) is 5.10 Å². The highest BCUT2D eigenvalue weighted by Crippen LogP contribution is 2.28. The van der Waals surface area contributed by atoms with E-state index in [0.717, 1.165) is 17.1 Å². The number of amides is 1. The van der Waals surface area contributed by atoms with E-state index in [-0.39, 0.29) is 18.2 Å². The maximum Gasteiger partial charge on any atom is 0.352 e. The molecule has 0 atom stereocenters. The van der Waals surface area contributed by atoms with Crippen LogP contribution >= 0.6 is 0 Å². The number of fused-ring (bicyclic) bond motifs is 1. The summed E-state index contributed by atoms with van der Waals surface area (Å²) in [7, 11) is 1.65. The summed E-state index contributed by atoms with van der Waals surface area (Å²) in [5, 5.41) is 7.45. The average molecular weight is 460 g/mol. The molecule has 0 bridgehead atoms. The van der Waals surface area contributed by atoms with Gasteiger partial charge in [0.05, 0.1) is 12.8 Å². The van der Waals surface area contributed by atoms with E-state index in [9.17, 15) is 9.59 Å². The summed E-state index contributed by atoms with van der Waals surface area (Å²) in [6.07, 6.45) is 1.61. The van der Waals surface area contributed by atoms with E-state index in [1.54, 1.807) is 24.3 Å². The average Bonchev–Trinajstić information content (AvgIpc) is 3.18. The van der Waals surface area contributed by atoms with Gasteiger partial charge in [-0.05, 0) is 30.3 Å². The summed E-state index contributed by atoms with van der Waals surface area (Å²) < 4.78 is 7.96. The summed E-state index contributed by atoms with van der Waals surface area (Å²) in [6, 6.07) is 19.2. The minimum atomic E-state index is -0.394. The Hall–Kier alpha value is -4.34. The molecule has 2 aromatic heterocycles. The minimum Gasteiger partial charge on any atom is -0.495 e. The van der Waals surface area contributed by atoms with Gasteiger partial charge in [-0.1, -0.05) is 30.3 Å². The lowest BCUT2D eigenvalue weighted by molar-refractivity contribution is -0.132. The Bertz CT molecular complexity index is 1360. The van der Waals surface area contributed by atoms with E-state index in [4.69, 9.17) is 4.74 Å². The van der Waals surface area contributed by atoms with E-state index in [2.05, 4.69) is 20.3 Å². The van der Waals surface area contributed by atoms with Gasteiger partial charge in [-0.3, -0.25) is 4.79 Å². The number of para-hydroxylation sites is 3. The Balaban J connectivity index is 1.25. The zero-order valence-electron chi connectivity index (χ0n) is 18.8. The number of anilines is 3. The lowest BCUT2D eigenvalue weighted by Crippen LogP contribution is -2.50. The van der Waals surface area contributed by atoms with E-state index in [1.165, 1.54) is 9.08 Å². The Labute approximate surface area is 196 Å². The quantitative estimate of drug-likeness (QED) is 0.471. The van der Waals surface area contributed by atoms with Gasteiger partial charge in [-0.2, -0.15) is 4.98 Å². The summed E-state index contributed by atoms with van der Waals surface area (Å²) >= 11 is 0. The van der Waals surface area contributed by atoms with E-state index in [1.807, 2.05) is 54.6 Å². The van der Waals surface area contributed by atoms with Gasteiger partial charge < -0.3 is 19.9 Å². The second kappa shape index (κ2) is 9.26. The fourth-order valence-corrected chi connectivity index (χ4v) is 4.06. The second-order valence-electron chi connectivity index (χ2n) is 7.95. The van der Waals surface area contributed by atoms with Crippen LogP contribution in [0.1, 0.15) is 0 Å². The smallest absolute Gasteiger partial charge is 0.352 e. The van der Waals surface area contributed by atoms with Crippen molar-refractivity contribution in [3.8, 4) is 5.75 Å². The highest BCUT2D eigenvalue weighted by atomic mass is 16.5. The number of benzene rings is 2. The largest absolute Gasteiger partial charge is 0.495 e. The van der Waals surface area contributed by atoms with Gasteiger partial charge in [0.25, 0.3) is 5.78 Å². The molecule has 0 spiro atoms. The van der Waals surface area contributed by atoms with E-state index in [0.29, 0.717) is 32.0 Å². The van der Waals surface area contributed by atoms with Crippen LogP contribution in [0.2, 0.25) is 0 Å². The zero-order valence-corrected chi connectivity index (χ0v) is 18.8. The number of rotatable bonds is 6. The fourth-order valence-electron chi connectivity index (χ4n) is 4.06. The van der Waals surface area contributed by atoms with Crippen LogP contribution in [0, 0.1) is 0 Å². The molecule has 0 aliphatic carbocycles. The number of methoxy groups -OCH3 is 1. The first kappa shape index (κ1) is 21.5. The molecule has 10 nitrogen and oxygen atoms in total. The van der Waals surface area contributed by atoms with Crippen LogP contribution in [0.25, 0.3) is 5.78 Å². The number of hydrogen-bond donors (Lipinski definition) is 1. The molecule has 174 valence electrons. The number of carbonyl (C=O) groups excluding carboxylic acids is 1. The fraction of sp³-hybridized carbons (Fsp3) is 0.250. The predicted octanol–water partition coefficient (Wildman–Crippen LogP) is 1.99. The van der Waals surface area contributed by atoms with E-state index < -0.39 is 5.69 Å². The molecule has 4 aromatic rings. The van der Waals surface area contributed by atoms with Gasteiger partial charge in [0, 0.05) is 38.1 Å². The number of piperazine rings is 1. The number of hydrogen-bond acceptors (Lipinski definition) is 7. The highest BCUT2D eigenvalue weighted by molar-refractivity contribution is 5.76. The molecule has 1 amide bonds. The Kier molecular flexibility index (Phi) is 5.86. The van der Waals surface area contributed by atoms with Crippen molar-refractivity contribution in [2.24, 2.45) is 0 Å². The first-order chi connectivity index (χ1) is 16.6. The Morgan fingerprint density at radius 3 is 2.50 bits per heavy atom. The molecule has 34 heavy (non-hydrogen) atoms. The predicted molar refractivity (Wildman–Crippen MR) is 129 cm³/mol. The van der Waals surface area contributed by atoms with Crippen LogP contribution in [-0.2, 0) is 11.3 Å². The number of carbonyl (C=O) groups is 1. The zero-order chi connectivity index (χ0) is 23.5. The van der Waals surface area contributed by atoms with Gasteiger partial charge in [-0.25, -0.2) is 13.9 Å². The van der Waals surface area contributed by atoms with Crippen molar-refractivity contribution in [1.82, 2.24) is 24.1 Å². The molecule has 10 heteroatoms. The molecule has 0 unspecified atom stereocenters. The second-order valence-corrected chi connectivity index (χ2v) is 7.95. The lowest BCUT2D eigenvalue weighted by Gasteiger charge is -2.36. The summed E-state index contributed by atoms with van der Waals surface area (Å²) in [5.41, 5.74) is 1.50. The number of nitrogens with one attached hydrogen (secondary N) is 1. The van der Waals surface area contributed by atoms with Crippen LogP contribution in [0.3, 0.4) is 0 Å². The molecule has 1 N–H and O–H groups in total. The topological polar surface area (TPSA) is 97.0 Å². The molecular weight excluding hydrogens is 434 g/mol. The van der Waals surface area contributed by atoms with Crippen molar-refractivity contribution in [3.63, 3.8) is 0 Å². The highest BCUT2D eigenvalue weighted by Gasteiger charge is 2.24. The van der Waals surface area contributed by atoms with Crippen molar-refractivity contribution >= 4 is 28.9 Å². The number of ether oxygens (including phenoxy) is 1. The van der Waals surface area contributed by atoms with Crippen LogP contribution in [0.15, 0.2) is 71.7 Å². The third-order valence-corrected chi connectivity index (χ3v) is 5.84. The first-order valence-corrected chi connectivity index (χ1v) is 11.1. The maximum absolute atomic E-state index is 12.9. The van der Waals surface area contributed by atoms with Crippen LogP contribution in [-0.4, -0.2) is 63.3 Å². The van der Waals surface area contributed by atoms with E-state index >= 15 is 0 Å². The molecule has 2 aromatic carbocycles. The third kappa shape index (κ3) is 4.29. The van der Waals surface area contributed by atoms with Gasteiger partial charge in [0.1, 0.15) is 18.1 Å². The van der Waals surface area contributed by atoms with Crippen molar-refractivity contribution in [2.75, 3.05) is 43.5 Å². The Morgan fingerprint density at radius 1 is 1.00 bits per heavy atom. The molecule has 1 aliphatic heterocycles. The molecule has 1 saturated heterocycles. The van der Waals surface area contributed by atoms with Crippen LogP contribution in [0.4, 0.5) is 17.2 Å².